The molecule has 0 amide bonds. The van der Waals surface area contributed by atoms with Crippen molar-refractivity contribution in [2.75, 3.05) is 0 Å². The van der Waals surface area contributed by atoms with Crippen molar-refractivity contribution >= 4 is 12.3 Å². The molecule has 0 N–H and O–H groups in total. The summed E-state index contributed by atoms with van der Waals surface area (Å²) < 4.78 is 0. The maximum absolute atomic E-state index is 3.91. The van der Waals surface area contributed by atoms with Crippen LogP contribution in [0.5, 0.6) is 0 Å². The first-order valence-corrected chi connectivity index (χ1v) is 6.95. The predicted molar refractivity (Wildman–Crippen MR) is 95.6 cm³/mol. The molecule has 0 heterocycles. The van der Waals surface area contributed by atoms with E-state index in [1.165, 1.54) is 11.1 Å². The normalized spacial score (nSPS) is 11.2. The summed E-state index contributed by atoms with van der Waals surface area (Å²) in [5.74, 6) is 0. The second-order valence-corrected chi connectivity index (χ2v) is 4.90. The SMILES string of the molecule is C=C/C=C\C(=C(C)C)/C(=C\C=C)c1ccc(CN=C)cc1. The van der Waals surface area contributed by atoms with E-state index in [1.807, 2.05) is 18.2 Å². The largest absolute Gasteiger partial charge is 0.296 e. The van der Waals surface area contributed by atoms with Gasteiger partial charge in [0.1, 0.15) is 0 Å². The Morgan fingerprint density at radius 3 is 2.24 bits per heavy atom. The van der Waals surface area contributed by atoms with Crippen LogP contribution in [-0.2, 0) is 6.54 Å². The van der Waals surface area contributed by atoms with Crippen molar-refractivity contribution in [1.29, 1.82) is 0 Å². The lowest BCUT2D eigenvalue weighted by Gasteiger charge is -2.12. The van der Waals surface area contributed by atoms with Crippen LogP contribution >= 0.6 is 0 Å². The van der Waals surface area contributed by atoms with Gasteiger partial charge in [-0.15, -0.1) is 0 Å². The van der Waals surface area contributed by atoms with Gasteiger partial charge >= 0.3 is 0 Å². The molecular weight excluding hydrogens is 254 g/mol. The molecule has 1 aromatic carbocycles. The van der Waals surface area contributed by atoms with E-state index in [4.69, 9.17) is 0 Å². The third kappa shape index (κ3) is 4.88. The third-order valence-electron chi connectivity index (χ3n) is 3.07. The number of aliphatic imine (C=N–C) groups is 1. The molecule has 0 fully saturated rings. The van der Waals surface area contributed by atoms with Gasteiger partial charge in [-0.2, -0.15) is 0 Å². The van der Waals surface area contributed by atoms with Gasteiger partial charge in [-0.25, -0.2) is 0 Å². The maximum atomic E-state index is 3.91. The summed E-state index contributed by atoms with van der Waals surface area (Å²) >= 11 is 0. The smallest absolute Gasteiger partial charge is 0.0632 e. The molecule has 0 aliphatic heterocycles. The van der Waals surface area contributed by atoms with Crippen molar-refractivity contribution in [1.82, 2.24) is 0 Å². The van der Waals surface area contributed by atoms with Crippen molar-refractivity contribution in [2.45, 2.75) is 20.4 Å². The van der Waals surface area contributed by atoms with E-state index < -0.39 is 0 Å². The molecule has 1 heteroatoms. The second kappa shape index (κ2) is 8.70. The number of hydrogen-bond acceptors (Lipinski definition) is 1. The number of allylic oxidation sites excluding steroid dienone is 8. The fraction of sp³-hybridized carbons (Fsp3) is 0.150. The van der Waals surface area contributed by atoms with Crippen LogP contribution in [0.25, 0.3) is 5.57 Å². The molecule has 1 nitrogen and oxygen atoms in total. The van der Waals surface area contributed by atoms with Crippen LogP contribution in [-0.4, -0.2) is 6.72 Å². The number of nitrogens with zero attached hydrogens (tertiary/aromatic N) is 1. The Kier molecular flexibility index (Phi) is 6.90. The molecule has 1 aromatic rings. The van der Waals surface area contributed by atoms with Crippen LogP contribution in [0.3, 0.4) is 0 Å². The van der Waals surface area contributed by atoms with Crippen LogP contribution in [0.15, 0.2) is 83.9 Å². The highest BCUT2D eigenvalue weighted by molar-refractivity contribution is 5.83. The molecule has 0 aliphatic rings. The lowest BCUT2D eigenvalue weighted by atomic mass is 9.93. The van der Waals surface area contributed by atoms with Gasteiger partial charge in [-0.1, -0.05) is 73.4 Å². The molecule has 0 radical (unpaired) electrons. The highest BCUT2D eigenvalue weighted by Gasteiger charge is 2.06. The van der Waals surface area contributed by atoms with E-state index in [0.717, 1.165) is 16.7 Å². The minimum absolute atomic E-state index is 0.645. The van der Waals surface area contributed by atoms with Crippen molar-refractivity contribution in [3.8, 4) is 0 Å². The molecule has 0 atom stereocenters. The van der Waals surface area contributed by atoms with Gasteiger partial charge < -0.3 is 0 Å². The van der Waals surface area contributed by atoms with E-state index in [2.05, 4.69) is 69.1 Å². The lowest BCUT2D eigenvalue weighted by molar-refractivity contribution is 1.08. The number of benzene rings is 1. The first-order chi connectivity index (χ1) is 10.1. The minimum Gasteiger partial charge on any atom is -0.296 e. The average molecular weight is 277 g/mol. The first-order valence-electron chi connectivity index (χ1n) is 6.95. The fourth-order valence-electron chi connectivity index (χ4n) is 2.07. The summed E-state index contributed by atoms with van der Waals surface area (Å²) in [7, 11) is 0. The molecule has 0 aliphatic carbocycles. The predicted octanol–water partition coefficient (Wildman–Crippen LogP) is 5.54. The summed E-state index contributed by atoms with van der Waals surface area (Å²) in [5.41, 5.74) is 5.91. The van der Waals surface area contributed by atoms with Gasteiger partial charge in [0, 0.05) is 0 Å². The molecular formula is C20H23N. The maximum Gasteiger partial charge on any atom is 0.0632 e. The van der Waals surface area contributed by atoms with Crippen molar-refractivity contribution in [3.05, 3.63) is 90.1 Å². The van der Waals surface area contributed by atoms with Crippen LogP contribution in [0, 0.1) is 0 Å². The lowest BCUT2D eigenvalue weighted by Crippen LogP contribution is -1.91. The summed E-state index contributed by atoms with van der Waals surface area (Å²) in [6, 6.07) is 8.39. The van der Waals surface area contributed by atoms with E-state index in [1.54, 1.807) is 6.08 Å². The number of hydrogen-bond donors (Lipinski definition) is 0. The highest BCUT2D eigenvalue weighted by Crippen LogP contribution is 2.27. The second-order valence-electron chi connectivity index (χ2n) is 4.90. The van der Waals surface area contributed by atoms with Gasteiger partial charge in [0.05, 0.1) is 6.54 Å². The Morgan fingerprint density at radius 1 is 1.10 bits per heavy atom. The molecule has 21 heavy (non-hydrogen) atoms. The van der Waals surface area contributed by atoms with E-state index in [0.29, 0.717) is 6.54 Å². The Bertz CT molecular complexity index is 591. The van der Waals surface area contributed by atoms with Gasteiger partial charge in [-0.05, 0) is 42.8 Å². The van der Waals surface area contributed by atoms with Crippen molar-refractivity contribution in [2.24, 2.45) is 4.99 Å². The van der Waals surface area contributed by atoms with E-state index in [9.17, 15) is 0 Å². The zero-order chi connectivity index (χ0) is 15.7. The van der Waals surface area contributed by atoms with Gasteiger partial charge in [0.25, 0.3) is 0 Å². The Hall–Kier alpha value is -2.41. The van der Waals surface area contributed by atoms with Crippen LogP contribution < -0.4 is 0 Å². The molecule has 0 aromatic heterocycles. The molecule has 0 spiro atoms. The Balaban J connectivity index is 3.29. The Labute approximate surface area is 128 Å². The zero-order valence-corrected chi connectivity index (χ0v) is 13.0. The van der Waals surface area contributed by atoms with Crippen LogP contribution in [0.1, 0.15) is 25.0 Å². The molecule has 0 saturated carbocycles. The van der Waals surface area contributed by atoms with Gasteiger partial charge in [0.2, 0.25) is 0 Å². The summed E-state index contributed by atoms with van der Waals surface area (Å²) in [5, 5.41) is 0. The molecule has 0 unspecified atom stereocenters. The zero-order valence-electron chi connectivity index (χ0n) is 13.0. The van der Waals surface area contributed by atoms with Crippen molar-refractivity contribution < 1.29 is 0 Å². The third-order valence-corrected chi connectivity index (χ3v) is 3.07. The molecule has 108 valence electrons. The first kappa shape index (κ1) is 16.6. The molecule has 0 bridgehead atoms. The van der Waals surface area contributed by atoms with Crippen molar-refractivity contribution in [3.63, 3.8) is 0 Å². The monoisotopic (exact) mass is 277 g/mol. The molecule has 0 saturated heterocycles. The summed E-state index contributed by atoms with van der Waals surface area (Å²) in [6.07, 6.45) is 9.68. The highest BCUT2D eigenvalue weighted by atomic mass is 14.7. The van der Waals surface area contributed by atoms with Crippen LogP contribution in [0.2, 0.25) is 0 Å². The van der Waals surface area contributed by atoms with Gasteiger partial charge in [0.15, 0.2) is 0 Å². The fourth-order valence-corrected chi connectivity index (χ4v) is 2.07. The van der Waals surface area contributed by atoms with E-state index >= 15 is 0 Å². The number of rotatable bonds is 7. The van der Waals surface area contributed by atoms with E-state index in [-0.39, 0.29) is 0 Å². The summed E-state index contributed by atoms with van der Waals surface area (Å²) in [6.45, 7) is 16.0. The minimum atomic E-state index is 0.645. The quantitative estimate of drug-likeness (QED) is 0.458. The van der Waals surface area contributed by atoms with Gasteiger partial charge in [-0.3, -0.25) is 4.99 Å². The average Bonchev–Trinajstić information content (AvgIpc) is 2.47. The van der Waals surface area contributed by atoms with Crippen LogP contribution in [0.4, 0.5) is 0 Å². The standard InChI is InChI=1S/C20H23N/c1-6-8-10-19(16(3)4)20(9-7-2)18-13-11-17(12-14-18)15-21-5/h6-14H,1-2,5,15H2,3-4H3/b10-8-,20-9-. The summed E-state index contributed by atoms with van der Waals surface area (Å²) in [4.78, 5) is 3.91. The topological polar surface area (TPSA) is 12.4 Å². The Morgan fingerprint density at radius 2 is 1.76 bits per heavy atom. The molecule has 1 rings (SSSR count).